The van der Waals surface area contributed by atoms with Crippen LogP contribution in [0.2, 0.25) is 0 Å². The molecule has 19 heavy (non-hydrogen) atoms. The van der Waals surface area contributed by atoms with Crippen LogP contribution in [-0.2, 0) is 4.84 Å². The Morgan fingerprint density at radius 1 is 1.47 bits per heavy atom. The number of hydrogen-bond acceptors (Lipinski definition) is 5. The molecule has 0 bridgehead atoms. The molecule has 1 aliphatic heterocycles. The quantitative estimate of drug-likeness (QED) is 0.758. The van der Waals surface area contributed by atoms with E-state index in [9.17, 15) is 4.79 Å². The van der Waals surface area contributed by atoms with E-state index in [4.69, 9.17) is 9.94 Å². The molecule has 1 aromatic rings. The molecule has 1 aliphatic rings. The van der Waals surface area contributed by atoms with Crippen molar-refractivity contribution in [3.05, 3.63) is 29.8 Å². The Hall–Kier alpha value is -2.08. The normalized spacial score (nSPS) is 18.1. The number of benzene rings is 1. The van der Waals surface area contributed by atoms with Gasteiger partial charge in [0.15, 0.2) is 6.23 Å². The molecule has 0 saturated carbocycles. The number of aliphatic imine (C=N–C) groups is 1. The third-order valence-electron chi connectivity index (χ3n) is 2.70. The molecule has 0 aliphatic carbocycles. The summed E-state index contributed by atoms with van der Waals surface area (Å²) in [6.07, 6.45) is -0.208. The minimum Gasteiger partial charge on any atom is -0.508 e. The van der Waals surface area contributed by atoms with Crippen LogP contribution in [0, 0.1) is 5.92 Å². The maximum atomic E-state index is 11.8. The second-order valence-corrected chi connectivity index (χ2v) is 4.66. The standard InChI is InChI=1S/C13H17N3O3/c1-8(2)13-15-11(16-19-13)7-14-12(18)9-3-5-10(17)6-4-9/h3-6,8,13,17H,7H2,1-2H3,(H,14,18)(H,15,16). The fourth-order valence-corrected chi connectivity index (χ4v) is 1.58. The molecule has 0 spiro atoms. The van der Waals surface area contributed by atoms with E-state index in [-0.39, 0.29) is 30.3 Å². The van der Waals surface area contributed by atoms with Crippen LogP contribution in [0.15, 0.2) is 29.3 Å². The monoisotopic (exact) mass is 263 g/mol. The van der Waals surface area contributed by atoms with Crippen molar-refractivity contribution in [3.63, 3.8) is 0 Å². The summed E-state index contributed by atoms with van der Waals surface area (Å²) in [5.41, 5.74) is 3.18. The van der Waals surface area contributed by atoms with E-state index in [1.807, 2.05) is 13.8 Å². The first-order chi connectivity index (χ1) is 9.06. The summed E-state index contributed by atoms with van der Waals surface area (Å²) < 4.78 is 0. The molecule has 6 nitrogen and oxygen atoms in total. The first kappa shape index (κ1) is 13.4. The predicted octanol–water partition coefficient (Wildman–Crippen LogP) is 1.04. The SMILES string of the molecule is CC(C)C1N=C(CNC(=O)c2ccc(O)cc2)NO1. The predicted molar refractivity (Wildman–Crippen MR) is 70.7 cm³/mol. The molecule has 1 heterocycles. The van der Waals surface area contributed by atoms with E-state index in [0.717, 1.165) is 0 Å². The maximum absolute atomic E-state index is 11.8. The minimum absolute atomic E-state index is 0.131. The van der Waals surface area contributed by atoms with Crippen LogP contribution in [0.3, 0.4) is 0 Å². The Morgan fingerprint density at radius 2 is 2.16 bits per heavy atom. The van der Waals surface area contributed by atoms with Gasteiger partial charge in [-0.25, -0.2) is 15.3 Å². The zero-order chi connectivity index (χ0) is 13.8. The molecule has 102 valence electrons. The molecule has 1 aromatic carbocycles. The smallest absolute Gasteiger partial charge is 0.251 e. The van der Waals surface area contributed by atoms with Gasteiger partial charge in [-0.1, -0.05) is 13.8 Å². The summed E-state index contributed by atoms with van der Waals surface area (Å²) >= 11 is 0. The summed E-state index contributed by atoms with van der Waals surface area (Å²) in [7, 11) is 0. The maximum Gasteiger partial charge on any atom is 0.251 e. The second kappa shape index (κ2) is 5.71. The molecule has 1 unspecified atom stereocenters. The van der Waals surface area contributed by atoms with Crippen LogP contribution in [0.1, 0.15) is 24.2 Å². The van der Waals surface area contributed by atoms with E-state index < -0.39 is 0 Å². The summed E-state index contributed by atoms with van der Waals surface area (Å²) in [4.78, 5) is 21.4. The van der Waals surface area contributed by atoms with Gasteiger partial charge in [-0.15, -0.1) is 0 Å². The largest absolute Gasteiger partial charge is 0.508 e. The number of phenolic OH excluding ortho intramolecular Hbond substituents is 1. The van der Waals surface area contributed by atoms with Crippen LogP contribution in [0.25, 0.3) is 0 Å². The third-order valence-corrected chi connectivity index (χ3v) is 2.70. The topological polar surface area (TPSA) is 83.0 Å². The number of rotatable bonds is 4. The average Bonchev–Trinajstić information content (AvgIpc) is 2.86. The molecule has 3 N–H and O–H groups in total. The van der Waals surface area contributed by atoms with E-state index in [0.29, 0.717) is 11.4 Å². The van der Waals surface area contributed by atoms with E-state index in [1.165, 1.54) is 12.1 Å². The number of nitrogens with zero attached hydrogens (tertiary/aromatic N) is 1. The van der Waals surface area contributed by atoms with E-state index in [2.05, 4.69) is 15.8 Å². The number of hydroxylamine groups is 1. The lowest BCUT2D eigenvalue weighted by molar-refractivity contribution is 0.0103. The molecule has 0 saturated heterocycles. The van der Waals surface area contributed by atoms with Gasteiger partial charge >= 0.3 is 0 Å². The molecule has 0 aromatic heterocycles. The molecular formula is C13H17N3O3. The Balaban J connectivity index is 1.88. The van der Waals surface area contributed by atoms with Gasteiger partial charge in [0.05, 0.1) is 6.54 Å². The van der Waals surface area contributed by atoms with E-state index in [1.54, 1.807) is 12.1 Å². The highest BCUT2D eigenvalue weighted by molar-refractivity contribution is 5.97. The Labute approximate surface area is 111 Å². The van der Waals surface area contributed by atoms with Gasteiger partial charge in [0.1, 0.15) is 11.6 Å². The molecule has 0 fully saturated rings. The number of amidine groups is 1. The summed E-state index contributed by atoms with van der Waals surface area (Å²) in [5, 5.41) is 11.9. The van der Waals surface area contributed by atoms with Gasteiger partial charge in [-0.2, -0.15) is 0 Å². The summed E-state index contributed by atoms with van der Waals surface area (Å²) in [5.74, 6) is 0.785. The lowest BCUT2D eigenvalue weighted by Gasteiger charge is -2.07. The van der Waals surface area contributed by atoms with Crippen molar-refractivity contribution < 1.29 is 14.7 Å². The second-order valence-electron chi connectivity index (χ2n) is 4.66. The van der Waals surface area contributed by atoms with Gasteiger partial charge in [-0.05, 0) is 24.3 Å². The first-order valence-corrected chi connectivity index (χ1v) is 6.12. The van der Waals surface area contributed by atoms with Gasteiger partial charge in [0.2, 0.25) is 0 Å². The molecule has 2 rings (SSSR count). The van der Waals surface area contributed by atoms with Gasteiger partial charge in [0.25, 0.3) is 5.91 Å². The molecule has 1 amide bonds. The molecule has 1 atom stereocenters. The highest BCUT2D eigenvalue weighted by Gasteiger charge is 2.21. The first-order valence-electron chi connectivity index (χ1n) is 6.12. The van der Waals surface area contributed by atoms with Crippen molar-refractivity contribution in [1.82, 2.24) is 10.8 Å². The number of nitrogens with one attached hydrogen (secondary N) is 2. The van der Waals surface area contributed by atoms with Crippen LogP contribution < -0.4 is 10.8 Å². The highest BCUT2D eigenvalue weighted by atomic mass is 16.7. The van der Waals surface area contributed by atoms with Gasteiger partial charge in [-0.3, -0.25) is 4.79 Å². The fraction of sp³-hybridized carbons (Fsp3) is 0.385. The lowest BCUT2D eigenvalue weighted by atomic mass is 10.2. The van der Waals surface area contributed by atoms with Crippen LogP contribution in [0.5, 0.6) is 5.75 Å². The van der Waals surface area contributed by atoms with Crippen molar-refractivity contribution in [2.75, 3.05) is 6.54 Å². The zero-order valence-corrected chi connectivity index (χ0v) is 10.9. The Bertz CT molecular complexity index is 482. The zero-order valence-electron chi connectivity index (χ0n) is 10.9. The molecule has 0 radical (unpaired) electrons. The summed E-state index contributed by atoms with van der Waals surface area (Å²) in [6.45, 7) is 4.30. The number of aromatic hydroxyl groups is 1. The molecule has 6 heteroatoms. The van der Waals surface area contributed by atoms with Crippen LogP contribution >= 0.6 is 0 Å². The van der Waals surface area contributed by atoms with E-state index >= 15 is 0 Å². The number of carbonyl (C=O) groups excluding carboxylic acids is 1. The number of carbonyl (C=O) groups is 1. The average molecular weight is 263 g/mol. The van der Waals surface area contributed by atoms with Crippen LogP contribution in [-0.4, -0.2) is 29.6 Å². The number of phenols is 1. The fourth-order valence-electron chi connectivity index (χ4n) is 1.58. The minimum atomic E-state index is -0.225. The third kappa shape index (κ3) is 3.45. The van der Waals surface area contributed by atoms with Crippen molar-refractivity contribution in [2.45, 2.75) is 20.1 Å². The number of hydrogen-bond donors (Lipinski definition) is 3. The van der Waals surface area contributed by atoms with Crippen molar-refractivity contribution in [2.24, 2.45) is 10.9 Å². The van der Waals surface area contributed by atoms with Crippen molar-refractivity contribution >= 4 is 11.7 Å². The van der Waals surface area contributed by atoms with Crippen molar-refractivity contribution in [1.29, 1.82) is 0 Å². The van der Waals surface area contributed by atoms with Crippen LogP contribution in [0.4, 0.5) is 0 Å². The Morgan fingerprint density at radius 3 is 2.74 bits per heavy atom. The summed E-state index contributed by atoms with van der Waals surface area (Å²) in [6, 6.07) is 6.06. The van der Waals surface area contributed by atoms with Gasteiger partial charge < -0.3 is 10.4 Å². The lowest BCUT2D eigenvalue weighted by Crippen LogP contribution is -2.34. The molecular weight excluding hydrogens is 246 g/mol. The highest BCUT2D eigenvalue weighted by Crippen LogP contribution is 2.11. The van der Waals surface area contributed by atoms with Gasteiger partial charge in [0, 0.05) is 11.5 Å². The number of amides is 1. The van der Waals surface area contributed by atoms with Crippen molar-refractivity contribution in [3.8, 4) is 5.75 Å². The Kier molecular flexibility index (Phi) is 4.01.